The molecule has 1 aromatic rings. The average Bonchev–Trinajstić information content (AvgIpc) is 2.22. The quantitative estimate of drug-likeness (QED) is 0.711. The Labute approximate surface area is 94.9 Å². The number of rotatable bonds is 0. The van der Waals surface area contributed by atoms with Crippen molar-refractivity contribution in [3.63, 3.8) is 0 Å². The van der Waals surface area contributed by atoms with Gasteiger partial charge in [-0.2, -0.15) is 0 Å². The topological polar surface area (TPSA) is 12.0 Å². The summed E-state index contributed by atoms with van der Waals surface area (Å²) in [5.74, 6) is -1.07. The van der Waals surface area contributed by atoms with E-state index in [2.05, 4.69) is 26.1 Å². The minimum atomic E-state index is -0.777. The molecule has 2 rings (SSSR count). The van der Waals surface area contributed by atoms with E-state index in [1.807, 2.05) is 0 Å². The molecule has 1 aromatic carbocycles. The maximum atomic E-state index is 13.5. The lowest BCUT2D eigenvalue weighted by Crippen LogP contribution is -2.33. The van der Waals surface area contributed by atoms with Crippen molar-refractivity contribution in [3.8, 4) is 0 Å². The van der Waals surface area contributed by atoms with Crippen molar-refractivity contribution in [1.29, 1.82) is 0 Å². The highest BCUT2D eigenvalue weighted by Gasteiger charge is 2.30. The van der Waals surface area contributed by atoms with Gasteiger partial charge in [0.2, 0.25) is 0 Å². The lowest BCUT2D eigenvalue weighted by atomic mass is 9.75. The van der Waals surface area contributed by atoms with Gasteiger partial charge in [0, 0.05) is 6.54 Å². The van der Waals surface area contributed by atoms with E-state index in [1.54, 1.807) is 6.07 Å². The Bertz CT molecular complexity index is 407. The summed E-state index contributed by atoms with van der Waals surface area (Å²) in [5, 5.41) is 3.01. The SMILES string of the molecule is CC(C)(C)C1CNc2c(ccc(F)c2F)C1. The highest BCUT2D eigenvalue weighted by atomic mass is 19.2. The molecule has 16 heavy (non-hydrogen) atoms. The largest absolute Gasteiger partial charge is 0.382 e. The Morgan fingerprint density at radius 2 is 1.94 bits per heavy atom. The van der Waals surface area contributed by atoms with Crippen molar-refractivity contribution in [1.82, 2.24) is 0 Å². The first-order valence-corrected chi connectivity index (χ1v) is 5.60. The summed E-state index contributed by atoms with van der Waals surface area (Å²) in [6.45, 7) is 7.22. The lowest BCUT2D eigenvalue weighted by Gasteiger charge is -2.35. The number of hydrogen-bond acceptors (Lipinski definition) is 1. The van der Waals surface area contributed by atoms with Crippen LogP contribution in [0.1, 0.15) is 26.3 Å². The van der Waals surface area contributed by atoms with Crippen LogP contribution < -0.4 is 5.32 Å². The fraction of sp³-hybridized carbons (Fsp3) is 0.538. The van der Waals surface area contributed by atoms with E-state index in [4.69, 9.17) is 0 Å². The smallest absolute Gasteiger partial charge is 0.182 e. The molecule has 0 amide bonds. The minimum absolute atomic E-state index is 0.176. The summed E-state index contributed by atoms with van der Waals surface area (Å²) in [4.78, 5) is 0. The first-order chi connectivity index (χ1) is 7.39. The first-order valence-electron chi connectivity index (χ1n) is 5.60. The molecular weight excluding hydrogens is 208 g/mol. The standard InChI is InChI=1S/C13H17F2N/c1-13(2,3)9-6-8-4-5-10(14)11(15)12(8)16-7-9/h4-5,9,16H,6-7H2,1-3H3. The minimum Gasteiger partial charge on any atom is -0.382 e. The van der Waals surface area contributed by atoms with E-state index in [0.29, 0.717) is 18.2 Å². The van der Waals surface area contributed by atoms with Crippen molar-refractivity contribution in [2.24, 2.45) is 11.3 Å². The molecule has 0 spiro atoms. The number of anilines is 1. The second kappa shape index (κ2) is 3.72. The summed E-state index contributed by atoms with van der Waals surface area (Å²) in [6.07, 6.45) is 0.809. The zero-order valence-electron chi connectivity index (χ0n) is 9.90. The fourth-order valence-electron chi connectivity index (χ4n) is 2.13. The Balaban J connectivity index is 2.33. The summed E-state index contributed by atoms with van der Waals surface area (Å²) in [7, 11) is 0. The monoisotopic (exact) mass is 225 g/mol. The average molecular weight is 225 g/mol. The maximum absolute atomic E-state index is 13.5. The summed E-state index contributed by atoms with van der Waals surface area (Å²) in [6, 6.07) is 2.89. The van der Waals surface area contributed by atoms with Gasteiger partial charge in [0.25, 0.3) is 0 Å². The van der Waals surface area contributed by atoms with Crippen molar-refractivity contribution in [3.05, 3.63) is 29.3 Å². The number of fused-ring (bicyclic) bond motifs is 1. The van der Waals surface area contributed by atoms with Crippen LogP contribution in [-0.4, -0.2) is 6.54 Å². The molecule has 1 aliphatic heterocycles. The van der Waals surface area contributed by atoms with Crippen LogP contribution in [0.5, 0.6) is 0 Å². The molecule has 1 nitrogen and oxygen atoms in total. The van der Waals surface area contributed by atoms with Gasteiger partial charge in [-0.05, 0) is 29.4 Å². The molecule has 0 bridgehead atoms. The molecule has 0 aromatic heterocycles. The highest BCUT2D eigenvalue weighted by Crippen LogP contribution is 2.36. The third kappa shape index (κ3) is 1.91. The molecular formula is C13H17F2N. The summed E-state index contributed by atoms with van der Waals surface area (Å²) < 4.78 is 26.5. The van der Waals surface area contributed by atoms with Gasteiger partial charge in [-0.25, -0.2) is 8.78 Å². The zero-order valence-corrected chi connectivity index (χ0v) is 9.90. The van der Waals surface area contributed by atoms with Crippen LogP contribution in [0.4, 0.5) is 14.5 Å². The number of halogens is 2. The predicted molar refractivity (Wildman–Crippen MR) is 61.5 cm³/mol. The van der Waals surface area contributed by atoms with Gasteiger partial charge in [-0.15, -0.1) is 0 Å². The van der Waals surface area contributed by atoms with Crippen LogP contribution >= 0.6 is 0 Å². The van der Waals surface area contributed by atoms with Crippen LogP contribution in [0, 0.1) is 23.0 Å². The Morgan fingerprint density at radius 1 is 1.25 bits per heavy atom. The van der Waals surface area contributed by atoms with E-state index in [1.165, 1.54) is 6.07 Å². The van der Waals surface area contributed by atoms with Gasteiger partial charge < -0.3 is 5.32 Å². The molecule has 0 saturated heterocycles. The molecule has 0 fully saturated rings. The first kappa shape index (κ1) is 11.4. The van der Waals surface area contributed by atoms with Crippen LogP contribution in [0.3, 0.4) is 0 Å². The van der Waals surface area contributed by atoms with Crippen molar-refractivity contribution in [2.45, 2.75) is 27.2 Å². The second-order valence-electron chi connectivity index (χ2n) is 5.54. The summed E-state index contributed by atoms with van der Waals surface area (Å²) in [5.41, 5.74) is 1.40. The molecule has 0 radical (unpaired) electrons. The third-order valence-electron chi connectivity index (χ3n) is 3.40. The van der Waals surface area contributed by atoms with Crippen molar-refractivity contribution in [2.75, 3.05) is 11.9 Å². The molecule has 1 aliphatic rings. The van der Waals surface area contributed by atoms with Gasteiger partial charge in [-0.3, -0.25) is 0 Å². The van der Waals surface area contributed by atoms with E-state index in [0.717, 1.165) is 12.0 Å². The molecule has 1 atom stereocenters. The van der Waals surface area contributed by atoms with Gasteiger partial charge in [0.1, 0.15) is 0 Å². The zero-order chi connectivity index (χ0) is 11.9. The maximum Gasteiger partial charge on any atom is 0.182 e. The van der Waals surface area contributed by atoms with Gasteiger partial charge in [0.15, 0.2) is 11.6 Å². The molecule has 0 saturated carbocycles. The van der Waals surface area contributed by atoms with Gasteiger partial charge in [0.05, 0.1) is 5.69 Å². The molecule has 1 heterocycles. The number of benzene rings is 1. The van der Waals surface area contributed by atoms with E-state index in [-0.39, 0.29) is 5.41 Å². The van der Waals surface area contributed by atoms with Crippen LogP contribution in [0.25, 0.3) is 0 Å². The lowest BCUT2D eigenvalue weighted by molar-refractivity contribution is 0.246. The predicted octanol–water partition coefficient (Wildman–Crippen LogP) is 3.60. The van der Waals surface area contributed by atoms with Crippen LogP contribution in [-0.2, 0) is 6.42 Å². The van der Waals surface area contributed by atoms with Crippen LogP contribution in [0.2, 0.25) is 0 Å². The normalized spacial score (nSPS) is 20.2. The fourth-order valence-corrected chi connectivity index (χ4v) is 2.13. The van der Waals surface area contributed by atoms with Crippen molar-refractivity contribution >= 4 is 5.69 Å². The van der Waals surface area contributed by atoms with E-state index in [9.17, 15) is 8.78 Å². The molecule has 0 aliphatic carbocycles. The third-order valence-corrected chi connectivity index (χ3v) is 3.40. The number of nitrogens with one attached hydrogen (secondary N) is 1. The molecule has 1 N–H and O–H groups in total. The number of hydrogen-bond donors (Lipinski definition) is 1. The Kier molecular flexibility index (Phi) is 2.64. The Hall–Kier alpha value is -1.12. The molecule has 1 unspecified atom stereocenters. The Morgan fingerprint density at radius 3 is 2.56 bits per heavy atom. The highest BCUT2D eigenvalue weighted by molar-refractivity contribution is 5.55. The van der Waals surface area contributed by atoms with Gasteiger partial charge in [-0.1, -0.05) is 26.8 Å². The van der Waals surface area contributed by atoms with Gasteiger partial charge >= 0.3 is 0 Å². The molecule has 3 heteroatoms. The summed E-state index contributed by atoms with van der Waals surface area (Å²) >= 11 is 0. The van der Waals surface area contributed by atoms with Crippen LogP contribution in [0.15, 0.2) is 12.1 Å². The van der Waals surface area contributed by atoms with E-state index >= 15 is 0 Å². The second-order valence-corrected chi connectivity index (χ2v) is 5.54. The van der Waals surface area contributed by atoms with Crippen molar-refractivity contribution < 1.29 is 8.78 Å². The van der Waals surface area contributed by atoms with E-state index < -0.39 is 11.6 Å². The molecule has 88 valence electrons.